The topological polar surface area (TPSA) is 77.1 Å². The largest absolute Gasteiger partial charge is 0.339 e. The van der Waals surface area contributed by atoms with Gasteiger partial charge in [-0.25, -0.2) is 4.68 Å². The highest BCUT2D eigenvalue weighted by Crippen LogP contribution is 2.30. The zero-order valence-electron chi connectivity index (χ0n) is 15.1. The monoisotopic (exact) mass is 391 g/mol. The molecule has 0 bridgehead atoms. The Balaban J connectivity index is 1.28. The molecule has 28 heavy (non-hydrogen) atoms. The maximum atomic E-state index is 12.9. The van der Waals surface area contributed by atoms with E-state index in [1.165, 1.54) is 0 Å². The molecule has 1 aliphatic heterocycles. The number of hydrogen-bond acceptors (Lipinski definition) is 6. The molecule has 0 saturated carbocycles. The Hall–Kier alpha value is -3.26. The van der Waals surface area contributed by atoms with Crippen molar-refractivity contribution < 1.29 is 9.32 Å². The van der Waals surface area contributed by atoms with Gasteiger partial charge in [-0.15, -0.1) is 11.3 Å². The summed E-state index contributed by atoms with van der Waals surface area (Å²) in [6, 6.07) is 13.7. The third-order valence-electron chi connectivity index (χ3n) is 4.94. The number of thiophene rings is 1. The van der Waals surface area contributed by atoms with Gasteiger partial charge < -0.3 is 9.42 Å². The van der Waals surface area contributed by atoms with E-state index in [1.807, 2.05) is 54.8 Å². The van der Waals surface area contributed by atoms with Crippen LogP contribution in [0.3, 0.4) is 0 Å². The van der Waals surface area contributed by atoms with Gasteiger partial charge in [0, 0.05) is 13.1 Å². The summed E-state index contributed by atoms with van der Waals surface area (Å²) < 4.78 is 7.19. The highest BCUT2D eigenvalue weighted by molar-refractivity contribution is 7.13. The number of rotatable bonds is 4. The van der Waals surface area contributed by atoms with Crippen LogP contribution >= 0.6 is 11.3 Å². The molecule has 8 heteroatoms. The summed E-state index contributed by atoms with van der Waals surface area (Å²) in [5.41, 5.74) is 2.39. The summed E-state index contributed by atoms with van der Waals surface area (Å²) in [7, 11) is 0. The molecule has 5 rings (SSSR count). The number of benzene rings is 1. The lowest BCUT2D eigenvalue weighted by atomic mass is 9.99. The van der Waals surface area contributed by atoms with Crippen molar-refractivity contribution in [1.82, 2.24) is 24.8 Å². The molecule has 0 radical (unpaired) electrons. The minimum absolute atomic E-state index is 0.0195. The molecule has 0 aliphatic carbocycles. The van der Waals surface area contributed by atoms with Crippen molar-refractivity contribution in [2.45, 2.75) is 12.8 Å². The van der Waals surface area contributed by atoms with Crippen LogP contribution in [-0.2, 0) is 0 Å². The molecule has 0 unspecified atom stereocenters. The first kappa shape index (κ1) is 16.9. The van der Waals surface area contributed by atoms with E-state index in [0.29, 0.717) is 30.4 Å². The van der Waals surface area contributed by atoms with Gasteiger partial charge in [0.05, 0.1) is 33.9 Å². The minimum Gasteiger partial charge on any atom is -0.339 e. The van der Waals surface area contributed by atoms with E-state index in [4.69, 9.17) is 4.52 Å². The molecule has 4 heterocycles. The van der Waals surface area contributed by atoms with Gasteiger partial charge in [0.2, 0.25) is 11.7 Å². The van der Waals surface area contributed by atoms with E-state index in [9.17, 15) is 4.79 Å². The van der Waals surface area contributed by atoms with Gasteiger partial charge in [0.25, 0.3) is 5.91 Å². The van der Waals surface area contributed by atoms with E-state index in [1.54, 1.807) is 27.1 Å². The van der Waals surface area contributed by atoms with Gasteiger partial charge in [0.15, 0.2) is 0 Å². The number of carbonyl (C=O) groups is 1. The van der Waals surface area contributed by atoms with Gasteiger partial charge in [-0.3, -0.25) is 4.79 Å². The minimum atomic E-state index is -0.0195. The predicted molar refractivity (Wildman–Crippen MR) is 105 cm³/mol. The summed E-state index contributed by atoms with van der Waals surface area (Å²) in [6.45, 7) is 3.05. The van der Waals surface area contributed by atoms with Crippen molar-refractivity contribution in [3.63, 3.8) is 0 Å². The summed E-state index contributed by atoms with van der Waals surface area (Å²) in [5, 5.41) is 10.4. The second-order valence-electron chi connectivity index (χ2n) is 6.73. The highest BCUT2D eigenvalue weighted by Gasteiger charge is 2.37. The van der Waals surface area contributed by atoms with Crippen LogP contribution in [0.4, 0.5) is 0 Å². The summed E-state index contributed by atoms with van der Waals surface area (Å²) in [4.78, 5) is 20.1. The van der Waals surface area contributed by atoms with E-state index in [2.05, 4.69) is 15.2 Å². The Morgan fingerprint density at radius 3 is 2.75 bits per heavy atom. The third kappa shape index (κ3) is 2.82. The maximum Gasteiger partial charge on any atom is 0.257 e. The molecule has 0 spiro atoms. The first-order valence-corrected chi connectivity index (χ1v) is 9.85. The number of carbonyl (C=O) groups excluding carboxylic acids is 1. The lowest BCUT2D eigenvalue weighted by Gasteiger charge is -2.36. The van der Waals surface area contributed by atoms with Gasteiger partial charge in [-0.05, 0) is 30.5 Å². The molecule has 0 N–H and O–H groups in total. The first-order valence-electron chi connectivity index (χ1n) is 8.97. The molecule has 1 aliphatic rings. The second-order valence-corrected chi connectivity index (χ2v) is 7.68. The lowest BCUT2D eigenvalue weighted by Crippen LogP contribution is -2.48. The lowest BCUT2D eigenvalue weighted by molar-refractivity contribution is 0.0568. The van der Waals surface area contributed by atoms with Crippen molar-refractivity contribution in [1.29, 1.82) is 0 Å². The predicted octanol–water partition coefficient (Wildman–Crippen LogP) is 3.53. The molecule has 1 amide bonds. The van der Waals surface area contributed by atoms with E-state index in [-0.39, 0.29) is 11.8 Å². The Kier molecular flexibility index (Phi) is 4.05. The Labute approximate surface area is 165 Å². The molecular weight excluding hydrogens is 374 g/mol. The van der Waals surface area contributed by atoms with Gasteiger partial charge in [-0.1, -0.05) is 29.4 Å². The van der Waals surface area contributed by atoms with E-state index in [0.717, 1.165) is 16.3 Å². The van der Waals surface area contributed by atoms with Crippen LogP contribution < -0.4 is 0 Å². The average molecular weight is 391 g/mol. The Morgan fingerprint density at radius 2 is 2.00 bits per heavy atom. The number of para-hydroxylation sites is 1. The second kappa shape index (κ2) is 6.72. The molecule has 140 valence electrons. The quantitative estimate of drug-likeness (QED) is 0.532. The number of likely N-dealkylation sites (tertiary alicyclic amines) is 1. The number of aromatic nitrogens is 4. The molecule has 4 aromatic rings. The van der Waals surface area contributed by atoms with E-state index >= 15 is 0 Å². The number of nitrogens with zero attached hydrogens (tertiary/aromatic N) is 5. The van der Waals surface area contributed by atoms with Crippen molar-refractivity contribution in [2.75, 3.05) is 13.1 Å². The zero-order valence-corrected chi connectivity index (χ0v) is 16.0. The van der Waals surface area contributed by atoms with Crippen molar-refractivity contribution in [3.05, 3.63) is 71.2 Å². The molecule has 3 aromatic heterocycles. The van der Waals surface area contributed by atoms with Crippen LogP contribution in [0.5, 0.6) is 0 Å². The fraction of sp³-hybridized carbons (Fsp3) is 0.200. The maximum absolute atomic E-state index is 12.9. The summed E-state index contributed by atoms with van der Waals surface area (Å²) in [5.74, 6) is 1.25. The molecule has 0 atom stereocenters. The Bertz CT molecular complexity index is 1110. The molecule has 1 aromatic carbocycles. The highest BCUT2D eigenvalue weighted by atomic mass is 32.1. The van der Waals surface area contributed by atoms with Gasteiger partial charge in [-0.2, -0.15) is 10.1 Å². The van der Waals surface area contributed by atoms with Crippen LogP contribution in [0.2, 0.25) is 0 Å². The standard InChI is InChI=1S/C20H17N5O2S/c1-13-16(10-21-25(13)15-6-3-2-4-7-15)20(26)24-11-14(12-24)19-22-18(23-27-19)17-8-5-9-28-17/h2-10,14H,11-12H2,1H3. The van der Waals surface area contributed by atoms with Crippen LogP contribution in [0.15, 0.2) is 58.6 Å². The fourth-order valence-corrected chi connectivity index (χ4v) is 3.98. The smallest absolute Gasteiger partial charge is 0.257 e. The van der Waals surface area contributed by atoms with Crippen LogP contribution in [-0.4, -0.2) is 43.8 Å². The average Bonchev–Trinajstić information content (AvgIpc) is 3.42. The molecule has 7 nitrogen and oxygen atoms in total. The van der Waals surface area contributed by atoms with Crippen molar-refractivity contribution >= 4 is 17.2 Å². The van der Waals surface area contributed by atoms with E-state index < -0.39 is 0 Å². The summed E-state index contributed by atoms with van der Waals surface area (Å²) >= 11 is 1.57. The van der Waals surface area contributed by atoms with Gasteiger partial charge in [0.1, 0.15) is 0 Å². The number of hydrogen-bond donors (Lipinski definition) is 0. The fourth-order valence-electron chi connectivity index (χ4n) is 3.33. The summed E-state index contributed by atoms with van der Waals surface area (Å²) in [6.07, 6.45) is 1.64. The van der Waals surface area contributed by atoms with Gasteiger partial charge >= 0.3 is 0 Å². The molecule has 1 saturated heterocycles. The molecule has 1 fully saturated rings. The van der Waals surface area contributed by atoms with Crippen LogP contribution in [0.25, 0.3) is 16.4 Å². The number of amides is 1. The third-order valence-corrected chi connectivity index (χ3v) is 5.81. The first-order chi connectivity index (χ1) is 13.7. The molecular formula is C20H17N5O2S. The van der Waals surface area contributed by atoms with Crippen molar-refractivity contribution in [2.24, 2.45) is 0 Å². The zero-order chi connectivity index (χ0) is 19.1. The van der Waals surface area contributed by atoms with Crippen molar-refractivity contribution in [3.8, 4) is 16.4 Å². The van der Waals surface area contributed by atoms with Crippen LogP contribution in [0, 0.1) is 6.92 Å². The Morgan fingerprint density at radius 1 is 1.18 bits per heavy atom. The normalized spacial score (nSPS) is 14.2. The SMILES string of the molecule is Cc1c(C(=O)N2CC(c3nc(-c4cccs4)no3)C2)cnn1-c1ccccc1. The van der Waals surface area contributed by atoms with Crippen LogP contribution in [0.1, 0.15) is 27.9 Å².